The lowest BCUT2D eigenvalue weighted by atomic mass is 10.1. The Morgan fingerprint density at radius 2 is 2.04 bits per heavy atom. The second-order valence-corrected chi connectivity index (χ2v) is 8.16. The van der Waals surface area contributed by atoms with Gasteiger partial charge in [-0.15, -0.1) is 10.2 Å². The smallest absolute Gasteiger partial charge is 0.193 e. The molecular formula is C21H39N7. The lowest BCUT2D eigenvalue weighted by molar-refractivity contribution is 0.255. The number of aliphatic imine (C=N–C) groups is 1. The first-order valence-electron chi connectivity index (χ1n) is 11.3. The summed E-state index contributed by atoms with van der Waals surface area (Å²) < 4.78 is 2.36. The van der Waals surface area contributed by atoms with Crippen LogP contribution in [0, 0.1) is 5.92 Å². The third kappa shape index (κ3) is 5.46. The van der Waals surface area contributed by atoms with E-state index in [-0.39, 0.29) is 0 Å². The van der Waals surface area contributed by atoms with Gasteiger partial charge in [-0.1, -0.05) is 20.3 Å². The average Bonchev–Trinajstić information content (AvgIpc) is 3.26. The van der Waals surface area contributed by atoms with Crippen molar-refractivity contribution in [2.75, 3.05) is 46.3 Å². The van der Waals surface area contributed by atoms with Crippen LogP contribution in [0.15, 0.2) is 4.99 Å². The van der Waals surface area contributed by atoms with Crippen molar-refractivity contribution in [1.29, 1.82) is 0 Å². The Morgan fingerprint density at radius 3 is 2.82 bits per heavy atom. The Balaban J connectivity index is 1.41. The van der Waals surface area contributed by atoms with E-state index in [1.807, 2.05) is 7.05 Å². The van der Waals surface area contributed by atoms with Crippen LogP contribution in [-0.2, 0) is 19.4 Å². The molecule has 7 heteroatoms. The minimum atomic E-state index is 0.755. The maximum Gasteiger partial charge on any atom is 0.193 e. The highest BCUT2D eigenvalue weighted by molar-refractivity contribution is 5.80. The van der Waals surface area contributed by atoms with E-state index in [0.717, 1.165) is 76.2 Å². The van der Waals surface area contributed by atoms with Crippen molar-refractivity contribution < 1.29 is 0 Å². The van der Waals surface area contributed by atoms with Gasteiger partial charge in [0.1, 0.15) is 11.6 Å². The molecule has 1 saturated heterocycles. The fourth-order valence-corrected chi connectivity index (χ4v) is 4.53. The molecule has 3 heterocycles. The average molecular weight is 390 g/mol. The summed E-state index contributed by atoms with van der Waals surface area (Å²) in [6.45, 7) is 12.3. The Kier molecular flexibility index (Phi) is 8.13. The largest absolute Gasteiger partial charge is 0.356 e. The molecule has 2 aliphatic heterocycles. The van der Waals surface area contributed by atoms with Gasteiger partial charge in [-0.25, -0.2) is 0 Å². The number of nitrogens with one attached hydrogen (secondary N) is 1. The number of rotatable bonds is 8. The molecule has 1 N–H and O–H groups in total. The van der Waals surface area contributed by atoms with Gasteiger partial charge in [-0.05, 0) is 44.7 Å². The molecule has 1 aromatic rings. The van der Waals surface area contributed by atoms with Gasteiger partial charge in [0.25, 0.3) is 0 Å². The van der Waals surface area contributed by atoms with Gasteiger partial charge in [0, 0.05) is 52.6 Å². The van der Waals surface area contributed by atoms with E-state index in [0.29, 0.717) is 0 Å². The Morgan fingerprint density at radius 1 is 1.18 bits per heavy atom. The Hall–Kier alpha value is -1.63. The molecule has 0 radical (unpaired) electrons. The van der Waals surface area contributed by atoms with Crippen LogP contribution in [0.25, 0.3) is 0 Å². The van der Waals surface area contributed by atoms with E-state index in [2.05, 4.69) is 48.7 Å². The van der Waals surface area contributed by atoms with Crippen LogP contribution in [0.3, 0.4) is 0 Å². The van der Waals surface area contributed by atoms with Crippen molar-refractivity contribution in [3.05, 3.63) is 11.6 Å². The maximum atomic E-state index is 4.53. The normalized spacial score (nSPS) is 20.5. The number of aromatic nitrogens is 3. The van der Waals surface area contributed by atoms with Crippen molar-refractivity contribution in [2.45, 2.75) is 65.3 Å². The summed E-state index contributed by atoms with van der Waals surface area (Å²) in [4.78, 5) is 9.49. The summed E-state index contributed by atoms with van der Waals surface area (Å²) in [7, 11) is 1.90. The highest BCUT2D eigenvalue weighted by Gasteiger charge is 2.25. The van der Waals surface area contributed by atoms with Gasteiger partial charge >= 0.3 is 0 Å². The minimum Gasteiger partial charge on any atom is -0.356 e. The van der Waals surface area contributed by atoms with Gasteiger partial charge in [0.2, 0.25) is 0 Å². The van der Waals surface area contributed by atoms with Crippen LogP contribution >= 0.6 is 0 Å². The molecule has 1 aromatic heterocycles. The quantitative estimate of drug-likeness (QED) is 0.419. The van der Waals surface area contributed by atoms with Crippen molar-refractivity contribution in [3.63, 3.8) is 0 Å². The number of aryl methyl sites for hydroxylation is 2. The number of hydrogen-bond acceptors (Lipinski definition) is 4. The van der Waals surface area contributed by atoms with Crippen molar-refractivity contribution in [3.8, 4) is 0 Å². The number of likely N-dealkylation sites (tertiary alicyclic amines) is 1. The minimum absolute atomic E-state index is 0.755. The van der Waals surface area contributed by atoms with Crippen molar-refractivity contribution in [1.82, 2.24) is 29.9 Å². The highest BCUT2D eigenvalue weighted by Crippen LogP contribution is 2.18. The molecule has 0 spiro atoms. The third-order valence-corrected chi connectivity index (χ3v) is 6.25. The van der Waals surface area contributed by atoms with E-state index >= 15 is 0 Å². The summed E-state index contributed by atoms with van der Waals surface area (Å²) in [6, 6.07) is 0. The van der Waals surface area contributed by atoms with Gasteiger partial charge < -0.3 is 19.7 Å². The second-order valence-electron chi connectivity index (χ2n) is 8.16. The molecule has 0 aliphatic carbocycles. The molecule has 2 aliphatic rings. The molecule has 7 nitrogen and oxygen atoms in total. The van der Waals surface area contributed by atoms with Crippen LogP contribution in [0.2, 0.25) is 0 Å². The van der Waals surface area contributed by atoms with Crippen LogP contribution in [-0.4, -0.2) is 76.8 Å². The highest BCUT2D eigenvalue weighted by atomic mass is 15.3. The summed E-state index contributed by atoms with van der Waals surface area (Å²) in [5, 5.41) is 12.4. The van der Waals surface area contributed by atoms with Crippen LogP contribution in [0.1, 0.15) is 57.6 Å². The monoisotopic (exact) mass is 389 g/mol. The standard InChI is InChI=1S/C21H39N7/c1-4-26(5-2)16-18-12-15-27(17-18)21(22-3)23-13-9-11-20-25-24-19-10-7-6-8-14-28(19)20/h18H,4-17H2,1-3H3,(H,22,23). The lowest BCUT2D eigenvalue weighted by Gasteiger charge is -2.24. The molecule has 1 fully saturated rings. The summed E-state index contributed by atoms with van der Waals surface area (Å²) in [5.74, 6) is 4.16. The van der Waals surface area contributed by atoms with Crippen molar-refractivity contribution in [2.24, 2.45) is 10.9 Å². The SMILES string of the molecule is CCN(CC)CC1CCN(C(=NC)NCCCc2nnc3n2CCCCC3)C1. The number of hydrogen-bond donors (Lipinski definition) is 1. The molecule has 158 valence electrons. The fourth-order valence-electron chi connectivity index (χ4n) is 4.53. The molecule has 0 aromatic carbocycles. The second kappa shape index (κ2) is 10.8. The number of fused-ring (bicyclic) bond motifs is 1. The number of guanidine groups is 1. The Labute approximate surface area is 170 Å². The third-order valence-electron chi connectivity index (χ3n) is 6.25. The maximum absolute atomic E-state index is 4.53. The van der Waals surface area contributed by atoms with E-state index in [1.54, 1.807) is 0 Å². The molecule has 1 unspecified atom stereocenters. The summed E-state index contributed by atoms with van der Waals surface area (Å²) in [6.07, 6.45) is 8.22. The van der Waals surface area contributed by atoms with Crippen LogP contribution in [0.5, 0.6) is 0 Å². The first kappa shape index (κ1) is 21.1. The van der Waals surface area contributed by atoms with Gasteiger partial charge in [-0.3, -0.25) is 4.99 Å². The van der Waals surface area contributed by atoms with E-state index in [1.165, 1.54) is 38.1 Å². The molecule has 3 rings (SSSR count). The first-order valence-corrected chi connectivity index (χ1v) is 11.3. The lowest BCUT2D eigenvalue weighted by Crippen LogP contribution is -2.41. The number of nitrogens with zero attached hydrogens (tertiary/aromatic N) is 6. The molecule has 0 bridgehead atoms. The molecule has 0 amide bonds. The molecule has 0 saturated carbocycles. The van der Waals surface area contributed by atoms with E-state index in [9.17, 15) is 0 Å². The Bertz CT molecular complexity index is 620. The zero-order valence-electron chi connectivity index (χ0n) is 18.2. The molecular weight excluding hydrogens is 350 g/mol. The van der Waals surface area contributed by atoms with Gasteiger partial charge in [-0.2, -0.15) is 0 Å². The summed E-state index contributed by atoms with van der Waals surface area (Å²) in [5.41, 5.74) is 0. The molecule has 1 atom stereocenters. The van der Waals surface area contributed by atoms with E-state index in [4.69, 9.17) is 0 Å². The summed E-state index contributed by atoms with van der Waals surface area (Å²) >= 11 is 0. The van der Waals surface area contributed by atoms with Gasteiger partial charge in [0.15, 0.2) is 5.96 Å². The van der Waals surface area contributed by atoms with Gasteiger partial charge in [0.05, 0.1) is 0 Å². The predicted octanol–water partition coefficient (Wildman–Crippen LogP) is 2.18. The van der Waals surface area contributed by atoms with Crippen LogP contribution < -0.4 is 5.32 Å². The zero-order chi connectivity index (χ0) is 19.8. The fraction of sp³-hybridized carbons (Fsp3) is 0.857. The predicted molar refractivity (Wildman–Crippen MR) is 115 cm³/mol. The van der Waals surface area contributed by atoms with E-state index < -0.39 is 0 Å². The topological polar surface area (TPSA) is 61.6 Å². The zero-order valence-corrected chi connectivity index (χ0v) is 18.2. The van der Waals surface area contributed by atoms with Crippen LogP contribution in [0.4, 0.5) is 0 Å². The van der Waals surface area contributed by atoms with Crippen molar-refractivity contribution >= 4 is 5.96 Å². The molecule has 28 heavy (non-hydrogen) atoms. The first-order chi connectivity index (χ1) is 13.7.